The molecule has 1 saturated heterocycles. The van der Waals surface area contributed by atoms with Crippen LogP contribution < -0.4 is 4.90 Å². The molecule has 0 bridgehead atoms. The van der Waals surface area contributed by atoms with Crippen LogP contribution >= 0.6 is 11.6 Å². The highest BCUT2D eigenvalue weighted by Crippen LogP contribution is 2.32. The highest BCUT2D eigenvalue weighted by Gasteiger charge is 2.23. The van der Waals surface area contributed by atoms with Crippen LogP contribution in [-0.4, -0.2) is 31.4 Å². The molecule has 1 aromatic carbocycles. The summed E-state index contributed by atoms with van der Waals surface area (Å²) in [5, 5.41) is 10.1. The number of ether oxygens (including phenoxy) is 1. The van der Waals surface area contributed by atoms with E-state index in [1.807, 2.05) is 0 Å². The summed E-state index contributed by atoms with van der Waals surface area (Å²) in [5.74, 6) is 0.246. The van der Waals surface area contributed by atoms with Gasteiger partial charge in [-0.3, -0.25) is 0 Å². The fourth-order valence-corrected chi connectivity index (χ4v) is 2.12. The molecule has 3 nitrogen and oxygen atoms in total. The largest absolute Gasteiger partial charge is 0.508 e. The van der Waals surface area contributed by atoms with Crippen LogP contribution in [0.15, 0.2) is 18.2 Å². The number of hydrogen-bond donors (Lipinski definition) is 1. The van der Waals surface area contributed by atoms with E-state index < -0.39 is 0 Å². The van der Waals surface area contributed by atoms with E-state index in [0.29, 0.717) is 5.02 Å². The van der Waals surface area contributed by atoms with Crippen LogP contribution in [0.2, 0.25) is 5.02 Å². The third-order valence-electron chi connectivity index (χ3n) is 2.75. The third-order valence-corrected chi connectivity index (χ3v) is 3.07. The van der Waals surface area contributed by atoms with Crippen LogP contribution in [0.3, 0.4) is 0 Å². The Bertz CT molecular complexity index is 356. The van der Waals surface area contributed by atoms with E-state index in [9.17, 15) is 5.11 Å². The second-order valence-electron chi connectivity index (χ2n) is 3.73. The zero-order chi connectivity index (χ0) is 10.8. The van der Waals surface area contributed by atoms with Crippen LogP contribution in [0.4, 0.5) is 5.69 Å². The number of anilines is 1. The van der Waals surface area contributed by atoms with Gasteiger partial charge in [0.05, 0.1) is 16.8 Å². The molecule has 4 heteroatoms. The Morgan fingerprint density at radius 1 is 1.53 bits per heavy atom. The molecule has 1 aromatic rings. The van der Waals surface area contributed by atoms with Gasteiger partial charge in [0, 0.05) is 26.3 Å². The van der Waals surface area contributed by atoms with Crippen molar-refractivity contribution < 1.29 is 9.84 Å². The number of phenolic OH excluding ortho intramolecular Hbond substituents is 1. The molecule has 1 N–H and O–H groups in total. The van der Waals surface area contributed by atoms with E-state index in [1.54, 1.807) is 25.3 Å². The van der Waals surface area contributed by atoms with E-state index in [2.05, 4.69) is 4.90 Å². The Balaban J connectivity index is 2.19. The summed E-state index contributed by atoms with van der Waals surface area (Å²) in [7, 11) is 1.72. The van der Waals surface area contributed by atoms with Crippen molar-refractivity contribution in [3.63, 3.8) is 0 Å². The van der Waals surface area contributed by atoms with Crippen LogP contribution in [0.5, 0.6) is 5.75 Å². The lowest BCUT2D eigenvalue weighted by atomic mass is 10.3. The topological polar surface area (TPSA) is 32.7 Å². The first-order valence-corrected chi connectivity index (χ1v) is 5.35. The average molecular weight is 228 g/mol. The smallest absolute Gasteiger partial charge is 0.117 e. The van der Waals surface area contributed by atoms with Gasteiger partial charge in [0.15, 0.2) is 0 Å². The molecule has 1 unspecified atom stereocenters. The highest BCUT2D eigenvalue weighted by molar-refractivity contribution is 6.33. The molecule has 1 heterocycles. The minimum atomic E-state index is 0.246. The van der Waals surface area contributed by atoms with E-state index in [0.717, 1.165) is 25.2 Å². The maximum Gasteiger partial charge on any atom is 0.117 e. The minimum absolute atomic E-state index is 0.246. The minimum Gasteiger partial charge on any atom is -0.508 e. The first-order chi connectivity index (χ1) is 7.20. The fraction of sp³-hybridized carbons (Fsp3) is 0.455. The van der Waals surface area contributed by atoms with Crippen LogP contribution in [0.1, 0.15) is 6.42 Å². The Hall–Kier alpha value is -0.930. The van der Waals surface area contributed by atoms with Gasteiger partial charge in [0.25, 0.3) is 0 Å². The number of hydrogen-bond acceptors (Lipinski definition) is 3. The number of aromatic hydroxyl groups is 1. The van der Waals surface area contributed by atoms with Crippen molar-refractivity contribution in [2.45, 2.75) is 12.5 Å². The molecule has 82 valence electrons. The quantitative estimate of drug-likeness (QED) is 0.842. The van der Waals surface area contributed by atoms with E-state index in [1.165, 1.54) is 0 Å². The Kier molecular flexibility index (Phi) is 3.03. The first kappa shape index (κ1) is 10.6. The third kappa shape index (κ3) is 2.19. The van der Waals surface area contributed by atoms with Gasteiger partial charge in [-0.25, -0.2) is 0 Å². The monoisotopic (exact) mass is 227 g/mol. The van der Waals surface area contributed by atoms with Crippen LogP contribution in [-0.2, 0) is 4.74 Å². The Morgan fingerprint density at radius 3 is 3.00 bits per heavy atom. The maximum atomic E-state index is 9.40. The summed E-state index contributed by atoms with van der Waals surface area (Å²) >= 11 is 6.07. The lowest BCUT2D eigenvalue weighted by Crippen LogP contribution is -2.22. The molecule has 0 aromatic heterocycles. The van der Waals surface area contributed by atoms with Gasteiger partial charge in [-0.2, -0.15) is 0 Å². The SMILES string of the molecule is COC1CCN(c2cc(O)ccc2Cl)C1. The molecule has 0 amide bonds. The van der Waals surface area contributed by atoms with E-state index in [4.69, 9.17) is 16.3 Å². The molecule has 1 aliphatic rings. The second kappa shape index (κ2) is 4.29. The molecule has 0 spiro atoms. The van der Waals surface area contributed by atoms with Crippen LogP contribution in [0.25, 0.3) is 0 Å². The fourth-order valence-electron chi connectivity index (χ4n) is 1.88. The summed E-state index contributed by atoms with van der Waals surface area (Å²) in [5.41, 5.74) is 0.885. The Labute approximate surface area is 94.2 Å². The molecular formula is C11H14ClNO2. The first-order valence-electron chi connectivity index (χ1n) is 4.97. The van der Waals surface area contributed by atoms with Crippen molar-refractivity contribution in [3.8, 4) is 5.75 Å². The van der Waals surface area contributed by atoms with Crippen molar-refractivity contribution in [2.24, 2.45) is 0 Å². The van der Waals surface area contributed by atoms with Crippen molar-refractivity contribution in [3.05, 3.63) is 23.2 Å². The molecule has 1 atom stereocenters. The molecule has 2 rings (SSSR count). The standard InChI is InChI=1S/C11H14ClNO2/c1-15-9-4-5-13(7-9)11-6-8(14)2-3-10(11)12/h2-3,6,9,14H,4-5,7H2,1H3. The maximum absolute atomic E-state index is 9.40. The highest BCUT2D eigenvalue weighted by atomic mass is 35.5. The second-order valence-corrected chi connectivity index (χ2v) is 4.14. The zero-order valence-corrected chi connectivity index (χ0v) is 9.37. The van der Waals surface area contributed by atoms with E-state index >= 15 is 0 Å². The molecule has 15 heavy (non-hydrogen) atoms. The number of nitrogens with zero attached hydrogens (tertiary/aromatic N) is 1. The lowest BCUT2D eigenvalue weighted by molar-refractivity contribution is 0.121. The molecule has 1 fully saturated rings. The number of rotatable bonds is 2. The summed E-state index contributed by atoms with van der Waals surface area (Å²) in [6.45, 7) is 1.75. The van der Waals surface area contributed by atoms with Crippen molar-refractivity contribution in [2.75, 3.05) is 25.1 Å². The van der Waals surface area contributed by atoms with Crippen molar-refractivity contribution in [1.29, 1.82) is 0 Å². The predicted molar refractivity (Wildman–Crippen MR) is 60.7 cm³/mol. The summed E-state index contributed by atoms with van der Waals surface area (Å²) in [6, 6.07) is 5.00. The zero-order valence-electron chi connectivity index (χ0n) is 8.61. The van der Waals surface area contributed by atoms with Gasteiger partial charge in [-0.15, -0.1) is 0 Å². The summed E-state index contributed by atoms with van der Waals surface area (Å²) < 4.78 is 5.29. The number of halogens is 1. The van der Waals surface area contributed by atoms with Gasteiger partial charge in [-0.05, 0) is 18.6 Å². The van der Waals surface area contributed by atoms with E-state index in [-0.39, 0.29) is 11.9 Å². The lowest BCUT2D eigenvalue weighted by Gasteiger charge is -2.19. The van der Waals surface area contributed by atoms with Gasteiger partial charge < -0.3 is 14.7 Å². The number of methoxy groups -OCH3 is 1. The normalized spacial score (nSPS) is 20.9. The van der Waals surface area contributed by atoms with Gasteiger partial charge >= 0.3 is 0 Å². The number of benzene rings is 1. The molecule has 0 saturated carbocycles. The summed E-state index contributed by atoms with van der Waals surface area (Å²) in [4.78, 5) is 2.14. The Morgan fingerprint density at radius 2 is 2.33 bits per heavy atom. The van der Waals surface area contributed by atoms with Gasteiger partial charge in [0.1, 0.15) is 5.75 Å². The van der Waals surface area contributed by atoms with Crippen molar-refractivity contribution >= 4 is 17.3 Å². The molecule has 0 radical (unpaired) electrons. The van der Waals surface area contributed by atoms with Crippen LogP contribution in [0, 0.1) is 0 Å². The van der Waals surface area contributed by atoms with Crippen molar-refractivity contribution in [1.82, 2.24) is 0 Å². The summed E-state index contributed by atoms with van der Waals surface area (Å²) in [6.07, 6.45) is 1.27. The van der Waals surface area contributed by atoms with Gasteiger partial charge in [-0.1, -0.05) is 11.6 Å². The molecule has 1 aliphatic heterocycles. The predicted octanol–water partition coefficient (Wildman–Crippen LogP) is 2.27. The molecule has 0 aliphatic carbocycles. The molecular weight excluding hydrogens is 214 g/mol. The average Bonchev–Trinajstić information content (AvgIpc) is 2.70. The number of phenols is 1. The van der Waals surface area contributed by atoms with Gasteiger partial charge in [0.2, 0.25) is 0 Å².